The Morgan fingerprint density at radius 3 is 2.52 bits per heavy atom. The summed E-state index contributed by atoms with van der Waals surface area (Å²) in [6, 6.07) is 17.6. The van der Waals surface area contributed by atoms with E-state index in [4.69, 9.17) is 0 Å². The number of halogens is 3. The average molecular weight is 422 g/mol. The maximum Gasteiger partial charge on any atom is 0.416 e. The van der Waals surface area contributed by atoms with Gasteiger partial charge in [-0.3, -0.25) is 14.5 Å². The van der Waals surface area contributed by atoms with E-state index < -0.39 is 17.6 Å². The summed E-state index contributed by atoms with van der Waals surface area (Å²) in [7, 11) is 0. The molecule has 156 valence electrons. The lowest BCUT2D eigenvalue weighted by atomic mass is 10.1. The van der Waals surface area contributed by atoms with Crippen molar-refractivity contribution in [1.82, 2.24) is 14.8 Å². The van der Waals surface area contributed by atoms with Crippen molar-refractivity contribution in [3.05, 3.63) is 102 Å². The molecule has 0 aliphatic rings. The van der Waals surface area contributed by atoms with Gasteiger partial charge in [0.15, 0.2) is 0 Å². The molecule has 0 atom stereocenters. The van der Waals surface area contributed by atoms with Crippen molar-refractivity contribution in [3.63, 3.8) is 0 Å². The largest absolute Gasteiger partial charge is 0.416 e. The third-order valence-corrected chi connectivity index (χ3v) is 4.58. The average Bonchev–Trinajstić information content (AvgIpc) is 3.19. The highest BCUT2D eigenvalue weighted by atomic mass is 19.4. The van der Waals surface area contributed by atoms with E-state index in [1.807, 2.05) is 30.3 Å². The quantitative estimate of drug-likeness (QED) is 0.477. The standard InChI is InChI=1S/C23H17F3N4O/c24-23(25,26)18-9-4-10-19(12-18)28-22(31)20-15-30(14-16-6-2-1-3-7-16)29-21(20)17-8-5-11-27-13-17/h1-13,15H,14H2,(H,28,31). The second-order valence-electron chi connectivity index (χ2n) is 6.85. The van der Waals surface area contributed by atoms with Crippen LogP contribution in [0.4, 0.5) is 18.9 Å². The van der Waals surface area contributed by atoms with E-state index in [9.17, 15) is 18.0 Å². The van der Waals surface area contributed by atoms with Gasteiger partial charge in [-0.25, -0.2) is 0 Å². The zero-order chi connectivity index (χ0) is 21.8. The van der Waals surface area contributed by atoms with Gasteiger partial charge in [0.1, 0.15) is 5.69 Å². The summed E-state index contributed by atoms with van der Waals surface area (Å²) in [4.78, 5) is 17.0. The highest BCUT2D eigenvalue weighted by molar-refractivity contribution is 6.08. The molecule has 2 aromatic heterocycles. The van der Waals surface area contributed by atoms with Crippen LogP contribution in [0.25, 0.3) is 11.3 Å². The van der Waals surface area contributed by atoms with E-state index in [-0.39, 0.29) is 11.3 Å². The van der Waals surface area contributed by atoms with Gasteiger partial charge >= 0.3 is 6.18 Å². The molecule has 5 nitrogen and oxygen atoms in total. The van der Waals surface area contributed by atoms with Crippen LogP contribution in [0.5, 0.6) is 0 Å². The molecule has 0 saturated heterocycles. The second-order valence-corrected chi connectivity index (χ2v) is 6.85. The molecule has 0 unspecified atom stereocenters. The number of rotatable bonds is 5. The Balaban J connectivity index is 1.67. The fourth-order valence-corrected chi connectivity index (χ4v) is 3.13. The van der Waals surface area contributed by atoms with Crippen molar-refractivity contribution in [2.24, 2.45) is 0 Å². The van der Waals surface area contributed by atoms with Gasteiger partial charge in [0.25, 0.3) is 5.91 Å². The smallest absolute Gasteiger partial charge is 0.322 e. The zero-order valence-corrected chi connectivity index (χ0v) is 16.2. The van der Waals surface area contributed by atoms with Crippen LogP contribution in [0.2, 0.25) is 0 Å². The molecule has 0 bridgehead atoms. The summed E-state index contributed by atoms with van der Waals surface area (Å²) in [6.45, 7) is 0.435. The van der Waals surface area contributed by atoms with Crippen LogP contribution >= 0.6 is 0 Å². The zero-order valence-electron chi connectivity index (χ0n) is 16.2. The summed E-state index contributed by atoms with van der Waals surface area (Å²) in [6.07, 6.45) is 0.267. The topological polar surface area (TPSA) is 59.8 Å². The Bertz CT molecular complexity index is 1190. The molecule has 8 heteroatoms. The lowest BCUT2D eigenvalue weighted by Crippen LogP contribution is -2.13. The highest BCUT2D eigenvalue weighted by Crippen LogP contribution is 2.31. The van der Waals surface area contributed by atoms with Crippen LogP contribution in [0.15, 0.2) is 85.3 Å². The molecule has 0 radical (unpaired) electrons. The molecule has 2 heterocycles. The molecule has 31 heavy (non-hydrogen) atoms. The molecule has 0 saturated carbocycles. The van der Waals surface area contributed by atoms with E-state index >= 15 is 0 Å². The lowest BCUT2D eigenvalue weighted by Gasteiger charge is -2.10. The van der Waals surface area contributed by atoms with E-state index in [1.54, 1.807) is 35.4 Å². The third kappa shape index (κ3) is 4.80. The van der Waals surface area contributed by atoms with Gasteiger partial charge in [0.05, 0.1) is 17.7 Å². The Labute approximate surface area is 176 Å². The Kier molecular flexibility index (Phi) is 5.53. The minimum atomic E-state index is -4.50. The number of amides is 1. The highest BCUT2D eigenvalue weighted by Gasteiger charge is 2.30. The minimum Gasteiger partial charge on any atom is -0.322 e. The normalized spacial score (nSPS) is 11.3. The molecular weight excluding hydrogens is 405 g/mol. The number of carbonyl (C=O) groups is 1. The summed E-state index contributed by atoms with van der Waals surface area (Å²) in [5, 5.41) is 7.08. The first-order chi connectivity index (χ1) is 14.9. The SMILES string of the molecule is O=C(Nc1cccc(C(F)(F)F)c1)c1cn(Cc2ccccc2)nc1-c1cccnc1. The number of hydrogen-bond donors (Lipinski definition) is 1. The number of nitrogens with zero attached hydrogens (tertiary/aromatic N) is 3. The Morgan fingerprint density at radius 2 is 1.81 bits per heavy atom. The summed E-state index contributed by atoms with van der Waals surface area (Å²) < 4.78 is 40.6. The van der Waals surface area contributed by atoms with Crippen LogP contribution < -0.4 is 5.32 Å². The predicted molar refractivity (Wildman–Crippen MR) is 110 cm³/mol. The van der Waals surface area contributed by atoms with Gasteiger partial charge in [0, 0.05) is 29.8 Å². The van der Waals surface area contributed by atoms with E-state index in [0.717, 1.165) is 17.7 Å². The van der Waals surface area contributed by atoms with Crippen LogP contribution in [-0.2, 0) is 12.7 Å². The number of aromatic nitrogens is 3. The van der Waals surface area contributed by atoms with Gasteiger partial charge in [-0.15, -0.1) is 0 Å². The second kappa shape index (κ2) is 8.43. The van der Waals surface area contributed by atoms with Gasteiger partial charge in [-0.1, -0.05) is 36.4 Å². The van der Waals surface area contributed by atoms with Gasteiger partial charge < -0.3 is 5.32 Å². The van der Waals surface area contributed by atoms with Crippen molar-refractivity contribution in [2.75, 3.05) is 5.32 Å². The van der Waals surface area contributed by atoms with Crippen molar-refractivity contribution >= 4 is 11.6 Å². The lowest BCUT2D eigenvalue weighted by molar-refractivity contribution is -0.137. The number of benzene rings is 2. The first-order valence-electron chi connectivity index (χ1n) is 9.40. The molecule has 0 aliphatic heterocycles. The number of nitrogens with one attached hydrogen (secondary N) is 1. The van der Waals surface area contributed by atoms with Crippen molar-refractivity contribution in [1.29, 1.82) is 0 Å². The van der Waals surface area contributed by atoms with E-state index in [0.29, 0.717) is 17.8 Å². The molecule has 0 spiro atoms. The van der Waals surface area contributed by atoms with Gasteiger partial charge in [-0.05, 0) is 35.9 Å². The summed E-state index contributed by atoms with van der Waals surface area (Å²) in [5.41, 5.74) is 1.47. The van der Waals surface area contributed by atoms with Gasteiger partial charge in [0.2, 0.25) is 0 Å². The molecule has 4 rings (SSSR count). The number of pyridine rings is 1. The predicted octanol–water partition coefficient (Wildman–Crippen LogP) is 5.26. The molecule has 0 fully saturated rings. The molecule has 1 amide bonds. The molecular formula is C23H17F3N4O. The van der Waals surface area contributed by atoms with Crippen LogP contribution in [0, 0.1) is 0 Å². The molecule has 2 aromatic carbocycles. The summed E-state index contributed by atoms with van der Waals surface area (Å²) in [5.74, 6) is -0.558. The fraction of sp³-hybridized carbons (Fsp3) is 0.0870. The molecule has 4 aromatic rings. The van der Waals surface area contributed by atoms with E-state index in [1.165, 1.54) is 12.1 Å². The molecule has 1 N–H and O–H groups in total. The monoisotopic (exact) mass is 422 g/mol. The number of alkyl halides is 3. The third-order valence-electron chi connectivity index (χ3n) is 4.58. The van der Waals surface area contributed by atoms with Crippen molar-refractivity contribution in [2.45, 2.75) is 12.7 Å². The minimum absolute atomic E-state index is 0.0489. The summed E-state index contributed by atoms with van der Waals surface area (Å²) >= 11 is 0. The van der Waals surface area contributed by atoms with Crippen LogP contribution in [0.3, 0.4) is 0 Å². The first-order valence-corrected chi connectivity index (χ1v) is 9.40. The van der Waals surface area contributed by atoms with Gasteiger partial charge in [-0.2, -0.15) is 18.3 Å². The maximum atomic E-state index is 13.0. The Morgan fingerprint density at radius 1 is 1.00 bits per heavy atom. The number of anilines is 1. The van der Waals surface area contributed by atoms with Crippen molar-refractivity contribution < 1.29 is 18.0 Å². The van der Waals surface area contributed by atoms with Crippen LogP contribution in [-0.4, -0.2) is 20.7 Å². The number of carbonyl (C=O) groups excluding carboxylic acids is 1. The maximum absolute atomic E-state index is 13.0. The number of hydrogen-bond acceptors (Lipinski definition) is 3. The van der Waals surface area contributed by atoms with Crippen LogP contribution in [0.1, 0.15) is 21.5 Å². The first kappa shape index (κ1) is 20.3. The molecule has 0 aliphatic carbocycles. The fourth-order valence-electron chi connectivity index (χ4n) is 3.13. The Hall–Kier alpha value is -3.94. The van der Waals surface area contributed by atoms with E-state index in [2.05, 4.69) is 15.4 Å². The van der Waals surface area contributed by atoms with Crippen molar-refractivity contribution in [3.8, 4) is 11.3 Å².